The number of hydrogen-bond donors (Lipinski definition) is 0. The first-order chi connectivity index (χ1) is 14.2. The minimum absolute atomic E-state index is 0.310. The number of benzene rings is 1. The second-order valence-corrected chi connectivity index (χ2v) is 7.90. The summed E-state index contributed by atoms with van der Waals surface area (Å²) in [6, 6.07) is 10.2. The lowest BCUT2D eigenvalue weighted by Gasteiger charge is -2.31. The van der Waals surface area contributed by atoms with Crippen LogP contribution in [0.3, 0.4) is 0 Å². The first-order valence-corrected chi connectivity index (χ1v) is 10.4. The molecule has 0 N–H and O–H groups in total. The number of rotatable bonds is 8. The van der Waals surface area contributed by atoms with Crippen LogP contribution in [-0.2, 0) is 17.7 Å². The maximum Gasteiger partial charge on any atom is 0.257 e. The molecule has 0 saturated carbocycles. The smallest absolute Gasteiger partial charge is 0.257 e. The number of piperidine rings is 1. The summed E-state index contributed by atoms with van der Waals surface area (Å²) in [6.07, 6.45) is 7.23. The normalized spacial score (nSPS) is 16.0. The summed E-state index contributed by atoms with van der Waals surface area (Å²) in [7, 11) is 0. The molecule has 154 valence electrons. The van der Waals surface area contributed by atoms with E-state index in [9.17, 15) is 0 Å². The van der Waals surface area contributed by atoms with Gasteiger partial charge in [-0.3, -0.25) is 9.58 Å². The Morgan fingerprint density at radius 3 is 2.69 bits per heavy atom. The van der Waals surface area contributed by atoms with Crippen LogP contribution in [0.4, 0.5) is 0 Å². The molecule has 0 unspecified atom stereocenters. The maximum atomic E-state index is 6.07. The van der Waals surface area contributed by atoms with Crippen molar-refractivity contribution in [2.75, 3.05) is 19.7 Å². The first kappa shape index (κ1) is 19.8. The molecular weight excluding hydrogens is 366 g/mol. The van der Waals surface area contributed by atoms with E-state index < -0.39 is 0 Å². The fourth-order valence-corrected chi connectivity index (χ4v) is 3.60. The average Bonchev–Trinajstić information content (AvgIpc) is 3.40. The fraction of sp³-hybridized carbons (Fsp3) is 0.500. The lowest BCUT2D eigenvalue weighted by Crippen LogP contribution is -2.36. The van der Waals surface area contributed by atoms with Gasteiger partial charge in [0.05, 0.1) is 18.9 Å². The van der Waals surface area contributed by atoms with Crippen LogP contribution in [0.1, 0.15) is 44.1 Å². The third-order valence-electron chi connectivity index (χ3n) is 5.29. The Kier molecular flexibility index (Phi) is 6.36. The summed E-state index contributed by atoms with van der Waals surface area (Å²) in [5.74, 6) is 1.26. The molecule has 1 aromatic carbocycles. The molecule has 1 fully saturated rings. The zero-order chi connectivity index (χ0) is 20.1. The van der Waals surface area contributed by atoms with Crippen molar-refractivity contribution in [3.05, 3.63) is 54.1 Å². The fourth-order valence-electron chi connectivity index (χ4n) is 3.60. The Morgan fingerprint density at radius 2 is 1.97 bits per heavy atom. The van der Waals surface area contributed by atoms with Crippen LogP contribution in [0.25, 0.3) is 11.5 Å². The molecule has 0 aliphatic carbocycles. The van der Waals surface area contributed by atoms with Crippen molar-refractivity contribution in [3.63, 3.8) is 0 Å². The maximum absolute atomic E-state index is 6.07. The Hall–Kier alpha value is -2.51. The van der Waals surface area contributed by atoms with Gasteiger partial charge in [-0.2, -0.15) is 10.1 Å². The number of nitrogens with zero attached hydrogens (tertiary/aromatic N) is 5. The first-order valence-electron chi connectivity index (χ1n) is 10.4. The van der Waals surface area contributed by atoms with Gasteiger partial charge in [-0.25, -0.2) is 0 Å². The second-order valence-electron chi connectivity index (χ2n) is 7.90. The van der Waals surface area contributed by atoms with Crippen molar-refractivity contribution in [2.45, 2.75) is 51.8 Å². The van der Waals surface area contributed by atoms with Gasteiger partial charge in [-0.15, -0.1) is 0 Å². The van der Waals surface area contributed by atoms with E-state index in [1.807, 2.05) is 41.2 Å². The van der Waals surface area contributed by atoms with Crippen LogP contribution >= 0.6 is 0 Å². The van der Waals surface area contributed by atoms with Gasteiger partial charge in [-0.1, -0.05) is 23.4 Å². The van der Waals surface area contributed by atoms with Crippen LogP contribution in [0.5, 0.6) is 0 Å². The zero-order valence-corrected chi connectivity index (χ0v) is 17.2. The molecule has 0 radical (unpaired) electrons. The molecule has 0 bridgehead atoms. The topological polar surface area (TPSA) is 69.2 Å². The second kappa shape index (κ2) is 9.33. The highest BCUT2D eigenvalue weighted by Gasteiger charge is 2.20. The average molecular weight is 396 g/mol. The number of aromatic nitrogens is 4. The van der Waals surface area contributed by atoms with Crippen LogP contribution < -0.4 is 0 Å². The summed E-state index contributed by atoms with van der Waals surface area (Å²) in [6.45, 7) is 7.99. The highest BCUT2D eigenvalue weighted by atomic mass is 16.5. The standard InChI is InChI=1S/C22H29N5O2/c1-17(2)27-16-18(14-23-27)15-26-11-8-20(9-12-26)28-13-10-21-24-22(29-25-21)19-6-4-3-5-7-19/h3-7,14,16-17,20H,8-13,15H2,1-2H3. The van der Waals surface area contributed by atoms with Crippen molar-refractivity contribution in [1.82, 2.24) is 24.8 Å². The molecule has 4 rings (SSSR count). The minimum Gasteiger partial charge on any atom is -0.378 e. The Labute approximate surface area is 171 Å². The van der Waals surface area contributed by atoms with E-state index in [4.69, 9.17) is 9.26 Å². The van der Waals surface area contributed by atoms with Gasteiger partial charge >= 0.3 is 0 Å². The van der Waals surface area contributed by atoms with Gasteiger partial charge in [0.15, 0.2) is 5.82 Å². The lowest BCUT2D eigenvalue weighted by molar-refractivity contribution is 0.00675. The molecule has 1 aliphatic heterocycles. The molecule has 3 heterocycles. The Balaban J connectivity index is 1.17. The van der Waals surface area contributed by atoms with E-state index in [1.165, 1.54) is 5.56 Å². The summed E-state index contributed by atoms with van der Waals surface area (Å²) in [5.41, 5.74) is 2.22. The molecule has 0 atom stereocenters. The molecule has 29 heavy (non-hydrogen) atoms. The highest BCUT2D eigenvalue weighted by molar-refractivity contribution is 5.51. The van der Waals surface area contributed by atoms with Crippen molar-refractivity contribution in [3.8, 4) is 11.5 Å². The van der Waals surface area contributed by atoms with Gasteiger partial charge in [-0.05, 0) is 38.8 Å². The van der Waals surface area contributed by atoms with E-state index in [2.05, 4.69) is 40.2 Å². The van der Waals surface area contributed by atoms with Crippen LogP contribution in [-0.4, -0.2) is 50.6 Å². The highest BCUT2D eigenvalue weighted by Crippen LogP contribution is 2.18. The molecule has 1 saturated heterocycles. The summed E-state index contributed by atoms with van der Waals surface area (Å²) >= 11 is 0. The lowest BCUT2D eigenvalue weighted by atomic mass is 10.1. The summed E-state index contributed by atoms with van der Waals surface area (Å²) in [4.78, 5) is 6.94. The van der Waals surface area contributed by atoms with Crippen LogP contribution in [0.2, 0.25) is 0 Å². The number of hydrogen-bond acceptors (Lipinski definition) is 6. The van der Waals surface area contributed by atoms with E-state index in [0.29, 0.717) is 36.9 Å². The van der Waals surface area contributed by atoms with E-state index >= 15 is 0 Å². The van der Waals surface area contributed by atoms with Crippen molar-refractivity contribution in [2.24, 2.45) is 0 Å². The Morgan fingerprint density at radius 1 is 1.17 bits per heavy atom. The van der Waals surface area contributed by atoms with Crippen LogP contribution in [0.15, 0.2) is 47.2 Å². The van der Waals surface area contributed by atoms with Crippen molar-refractivity contribution < 1.29 is 9.26 Å². The monoisotopic (exact) mass is 395 g/mol. The molecule has 1 aliphatic rings. The largest absolute Gasteiger partial charge is 0.378 e. The van der Waals surface area contributed by atoms with Gasteiger partial charge < -0.3 is 9.26 Å². The zero-order valence-electron chi connectivity index (χ0n) is 17.2. The van der Waals surface area contributed by atoms with Gasteiger partial charge in [0.2, 0.25) is 0 Å². The minimum atomic E-state index is 0.310. The molecule has 0 amide bonds. The summed E-state index contributed by atoms with van der Waals surface area (Å²) < 4.78 is 13.4. The Bertz CT molecular complexity index is 882. The molecule has 0 spiro atoms. The van der Waals surface area contributed by atoms with Gasteiger partial charge in [0.25, 0.3) is 5.89 Å². The quantitative estimate of drug-likeness (QED) is 0.579. The molecule has 3 aromatic rings. The van der Waals surface area contributed by atoms with E-state index in [-0.39, 0.29) is 0 Å². The summed E-state index contributed by atoms with van der Waals surface area (Å²) in [5, 5.41) is 8.50. The third-order valence-corrected chi connectivity index (χ3v) is 5.29. The van der Waals surface area contributed by atoms with Crippen molar-refractivity contribution >= 4 is 0 Å². The SMILES string of the molecule is CC(C)n1cc(CN2CCC(OCCc3noc(-c4ccccc4)n3)CC2)cn1. The predicted molar refractivity (Wildman–Crippen MR) is 110 cm³/mol. The van der Waals surface area contributed by atoms with E-state index in [1.54, 1.807) is 0 Å². The predicted octanol–water partition coefficient (Wildman–Crippen LogP) is 3.74. The molecule has 7 heteroatoms. The van der Waals surface area contributed by atoms with Gasteiger partial charge in [0.1, 0.15) is 0 Å². The molecule has 2 aromatic heterocycles. The molecular formula is C22H29N5O2. The number of likely N-dealkylation sites (tertiary alicyclic amines) is 1. The van der Waals surface area contributed by atoms with E-state index in [0.717, 1.165) is 38.0 Å². The van der Waals surface area contributed by atoms with Crippen LogP contribution in [0, 0.1) is 0 Å². The third kappa shape index (κ3) is 5.31. The number of ether oxygens (including phenoxy) is 1. The molecule has 7 nitrogen and oxygen atoms in total. The van der Waals surface area contributed by atoms with Gasteiger partial charge in [0, 0.05) is 49.4 Å². The van der Waals surface area contributed by atoms with Crippen molar-refractivity contribution in [1.29, 1.82) is 0 Å².